The van der Waals surface area contributed by atoms with Crippen LogP contribution in [0.25, 0.3) is 21.6 Å². The van der Waals surface area contributed by atoms with Crippen LogP contribution < -0.4 is 4.90 Å². The zero-order valence-electron chi connectivity index (χ0n) is 16.5. The SMILES string of the molecule is CCN(C(=O)CSc1nnc(-c2ccccc2C)n1C)c1nc2ccccc2s1. The van der Waals surface area contributed by atoms with E-state index in [1.165, 1.54) is 23.1 Å². The fourth-order valence-corrected chi connectivity index (χ4v) is 4.93. The van der Waals surface area contributed by atoms with E-state index in [9.17, 15) is 4.79 Å². The summed E-state index contributed by atoms with van der Waals surface area (Å²) in [5, 5.41) is 10.1. The zero-order chi connectivity index (χ0) is 20.4. The molecule has 4 aromatic rings. The predicted octanol–water partition coefficient (Wildman–Crippen LogP) is 4.55. The lowest BCUT2D eigenvalue weighted by molar-refractivity contribution is -0.116. The summed E-state index contributed by atoms with van der Waals surface area (Å²) in [5.41, 5.74) is 3.11. The van der Waals surface area contributed by atoms with Crippen LogP contribution in [0.4, 0.5) is 5.13 Å². The molecule has 29 heavy (non-hydrogen) atoms. The van der Waals surface area contributed by atoms with Crippen molar-refractivity contribution < 1.29 is 4.79 Å². The van der Waals surface area contributed by atoms with Crippen molar-refractivity contribution in [2.75, 3.05) is 17.2 Å². The Hall–Kier alpha value is -2.71. The molecule has 0 fully saturated rings. The van der Waals surface area contributed by atoms with Crippen LogP contribution in [0.5, 0.6) is 0 Å². The van der Waals surface area contributed by atoms with Gasteiger partial charge >= 0.3 is 0 Å². The highest BCUT2D eigenvalue weighted by molar-refractivity contribution is 7.99. The first-order valence-corrected chi connectivity index (χ1v) is 11.1. The molecule has 0 saturated carbocycles. The van der Waals surface area contributed by atoms with Crippen LogP contribution in [-0.2, 0) is 11.8 Å². The standard InChI is InChI=1S/C21H21N5OS2/c1-4-26(20-22-16-11-7-8-12-17(16)29-20)18(27)13-28-21-24-23-19(25(21)3)15-10-6-5-9-14(15)2/h5-12H,4,13H2,1-3H3. The second kappa shape index (κ2) is 8.34. The summed E-state index contributed by atoms with van der Waals surface area (Å²) in [6.45, 7) is 4.59. The first-order chi connectivity index (χ1) is 14.1. The van der Waals surface area contributed by atoms with Gasteiger partial charge in [0.25, 0.3) is 0 Å². The topological polar surface area (TPSA) is 63.9 Å². The number of para-hydroxylation sites is 1. The van der Waals surface area contributed by atoms with Crippen LogP contribution in [0, 0.1) is 6.92 Å². The number of fused-ring (bicyclic) bond motifs is 1. The van der Waals surface area contributed by atoms with Crippen LogP contribution in [0.1, 0.15) is 12.5 Å². The summed E-state index contributed by atoms with van der Waals surface area (Å²) in [6.07, 6.45) is 0. The minimum absolute atomic E-state index is 0.0111. The van der Waals surface area contributed by atoms with Gasteiger partial charge in [-0.2, -0.15) is 0 Å². The Labute approximate surface area is 177 Å². The number of amides is 1. The molecule has 0 N–H and O–H groups in total. The number of thioether (sulfide) groups is 1. The molecule has 0 unspecified atom stereocenters. The number of anilines is 1. The minimum atomic E-state index is 0.0111. The lowest BCUT2D eigenvalue weighted by atomic mass is 10.1. The van der Waals surface area contributed by atoms with Crippen LogP contribution in [0.15, 0.2) is 53.7 Å². The van der Waals surface area contributed by atoms with Gasteiger partial charge in [0.1, 0.15) is 0 Å². The summed E-state index contributed by atoms with van der Waals surface area (Å²) in [6, 6.07) is 16.0. The Morgan fingerprint density at radius 1 is 1.14 bits per heavy atom. The average molecular weight is 424 g/mol. The molecule has 6 nitrogen and oxygen atoms in total. The van der Waals surface area contributed by atoms with Crippen molar-refractivity contribution in [1.82, 2.24) is 19.7 Å². The van der Waals surface area contributed by atoms with Crippen molar-refractivity contribution in [1.29, 1.82) is 0 Å². The summed E-state index contributed by atoms with van der Waals surface area (Å²) < 4.78 is 3.02. The minimum Gasteiger partial charge on any atom is -0.305 e. The Bertz CT molecular complexity index is 1130. The third-order valence-electron chi connectivity index (χ3n) is 4.68. The van der Waals surface area contributed by atoms with Gasteiger partial charge in [-0.15, -0.1) is 10.2 Å². The highest BCUT2D eigenvalue weighted by atomic mass is 32.2. The summed E-state index contributed by atoms with van der Waals surface area (Å²) in [7, 11) is 1.93. The van der Waals surface area contributed by atoms with Crippen molar-refractivity contribution in [2.45, 2.75) is 19.0 Å². The summed E-state index contributed by atoms with van der Waals surface area (Å²) in [5.74, 6) is 1.09. The number of nitrogens with zero attached hydrogens (tertiary/aromatic N) is 5. The normalized spacial score (nSPS) is 11.1. The Kier molecular flexibility index (Phi) is 5.64. The van der Waals surface area contributed by atoms with E-state index in [2.05, 4.69) is 28.2 Å². The number of hydrogen-bond acceptors (Lipinski definition) is 6. The molecule has 1 amide bonds. The first kappa shape index (κ1) is 19.6. The summed E-state index contributed by atoms with van der Waals surface area (Å²) >= 11 is 2.93. The Balaban J connectivity index is 1.49. The molecule has 0 atom stereocenters. The molecule has 0 aliphatic carbocycles. The van der Waals surface area contributed by atoms with Crippen LogP contribution in [-0.4, -0.2) is 38.0 Å². The number of benzene rings is 2. The average Bonchev–Trinajstić information content (AvgIpc) is 3.31. The zero-order valence-corrected chi connectivity index (χ0v) is 18.1. The largest absolute Gasteiger partial charge is 0.305 e. The van der Waals surface area contributed by atoms with Crippen molar-refractivity contribution >= 4 is 44.4 Å². The maximum atomic E-state index is 12.9. The van der Waals surface area contributed by atoms with Gasteiger partial charge in [0.2, 0.25) is 5.91 Å². The second-order valence-electron chi connectivity index (χ2n) is 6.57. The Morgan fingerprint density at radius 2 is 1.90 bits per heavy atom. The Morgan fingerprint density at radius 3 is 2.66 bits per heavy atom. The van der Waals surface area contributed by atoms with E-state index in [1.807, 2.05) is 61.0 Å². The smallest absolute Gasteiger partial charge is 0.239 e. The van der Waals surface area contributed by atoms with Gasteiger partial charge in [-0.1, -0.05) is 59.5 Å². The second-order valence-corrected chi connectivity index (χ2v) is 8.52. The number of aromatic nitrogens is 4. The lowest BCUT2D eigenvalue weighted by Gasteiger charge is -2.17. The quantitative estimate of drug-likeness (QED) is 0.426. The van der Waals surface area contributed by atoms with Gasteiger partial charge in [-0.05, 0) is 31.5 Å². The first-order valence-electron chi connectivity index (χ1n) is 9.32. The number of carbonyl (C=O) groups is 1. The molecule has 2 aromatic carbocycles. The van der Waals surface area contributed by atoms with Crippen LogP contribution >= 0.6 is 23.1 Å². The molecule has 0 aliphatic rings. The highest BCUT2D eigenvalue weighted by Crippen LogP contribution is 2.30. The van der Waals surface area contributed by atoms with Gasteiger partial charge in [-0.3, -0.25) is 9.69 Å². The van der Waals surface area contributed by atoms with E-state index >= 15 is 0 Å². The third kappa shape index (κ3) is 3.90. The van der Waals surface area contributed by atoms with Gasteiger partial charge in [0, 0.05) is 19.2 Å². The molecular weight excluding hydrogens is 402 g/mol. The lowest BCUT2D eigenvalue weighted by Crippen LogP contribution is -2.32. The predicted molar refractivity (Wildman–Crippen MR) is 120 cm³/mol. The number of rotatable bonds is 6. The van der Waals surface area contributed by atoms with Crippen LogP contribution in [0.3, 0.4) is 0 Å². The van der Waals surface area contributed by atoms with E-state index in [0.29, 0.717) is 6.54 Å². The molecule has 2 aromatic heterocycles. The number of aryl methyl sites for hydroxylation is 1. The maximum absolute atomic E-state index is 12.9. The van der Waals surface area contributed by atoms with Crippen molar-refractivity contribution in [3.05, 3.63) is 54.1 Å². The monoisotopic (exact) mass is 423 g/mol. The number of hydrogen-bond donors (Lipinski definition) is 0. The van der Waals surface area contributed by atoms with E-state index in [1.54, 1.807) is 4.90 Å². The maximum Gasteiger partial charge on any atom is 0.239 e. The fraction of sp³-hybridized carbons (Fsp3) is 0.238. The molecule has 148 valence electrons. The van der Waals surface area contributed by atoms with Crippen molar-refractivity contribution in [2.24, 2.45) is 7.05 Å². The van der Waals surface area contributed by atoms with E-state index < -0.39 is 0 Å². The number of carbonyl (C=O) groups excluding carboxylic acids is 1. The molecular formula is C21H21N5OS2. The molecule has 0 spiro atoms. The molecule has 4 rings (SSSR count). The third-order valence-corrected chi connectivity index (χ3v) is 6.74. The fourth-order valence-electron chi connectivity index (χ4n) is 3.10. The highest BCUT2D eigenvalue weighted by Gasteiger charge is 2.20. The molecule has 0 saturated heterocycles. The van der Waals surface area contributed by atoms with E-state index in [0.717, 1.165) is 37.5 Å². The van der Waals surface area contributed by atoms with Gasteiger partial charge in [-0.25, -0.2) is 4.98 Å². The van der Waals surface area contributed by atoms with Crippen molar-refractivity contribution in [3.63, 3.8) is 0 Å². The summed E-state index contributed by atoms with van der Waals surface area (Å²) in [4.78, 5) is 19.2. The molecule has 0 aliphatic heterocycles. The molecule has 0 bridgehead atoms. The molecule has 0 radical (unpaired) electrons. The van der Waals surface area contributed by atoms with Crippen molar-refractivity contribution in [3.8, 4) is 11.4 Å². The van der Waals surface area contributed by atoms with Gasteiger partial charge in [0.05, 0.1) is 16.0 Å². The van der Waals surface area contributed by atoms with Crippen LogP contribution in [0.2, 0.25) is 0 Å². The molecule has 8 heteroatoms. The van der Waals surface area contributed by atoms with Gasteiger partial charge < -0.3 is 4.57 Å². The number of thiazole rings is 1. The van der Waals surface area contributed by atoms with E-state index in [4.69, 9.17) is 0 Å². The van der Waals surface area contributed by atoms with E-state index in [-0.39, 0.29) is 11.7 Å². The molecule has 2 heterocycles. The van der Waals surface area contributed by atoms with Gasteiger partial charge in [0.15, 0.2) is 16.1 Å².